The molecule has 0 saturated carbocycles. The van der Waals surface area contributed by atoms with Crippen molar-refractivity contribution in [3.05, 3.63) is 71.3 Å². The van der Waals surface area contributed by atoms with E-state index in [4.69, 9.17) is 5.73 Å². The van der Waals surface area contributed by atoms with Crippen molar-refractivity contribution in [3.63, 3.8) is 0 Å². The lowest BCUT2D eigenvalue weighted by atomic mass is 9.98. The van der Waals surface area contributed by atoms with Gasteiger partial charge in [0.25, 0.3) is 0 Å². The lowest BCUT2D eigenvalue weighted by molar-refractivity contribution is -0.138. The molecule has 0 unspecified atom stereocenters. The molecule has 1 amide bonds. The van der Waals surface area contributed by atoms with Crippen LogP contribution in [0.25, 0.3) is 0 Å². The fourth-order valence-electron chi connectivity index (χ4n) is 2.46. The first kappa shape index (κ1) is 17.0. The molecule has 0 aromatic heterocycles. The zero-order valence-electron chi connectivity index (χ0n) is 12.5. The van der Waals surface area contributed by atoms with Crippen LogP contribution in [0.5, 0.6) is 0 Å². The second-order valence-electron chi connectivity index (χ2n) is 5.22. The molecule has 2 rings (SSSR count). The average molecular weight is 322 g/mol. The Morgan fingerprint density at radius 1 is 1.04 bits per heavy atom. The van der Waals surface area contributed by atoms with Gasteiger partial charge in [-0.1, -0.05) is 48.5 Å². The van der Waals surface area contributed by atoms with Gasteiger partial charge in [0.05, 0.1) is 5.56 Å². The molecule has 0 aliphatic heterocycles. The minimum atomic E-state index is -4.46. The topological polar surface area (TPSA) is 55.1 Å². The molecule has 3 nitrogen and oxygen atoms in total. The molecule has 0 aliphatic rings. The first-order valence-electron chi connectivity index (χ1n) is 7.07. The van der Waals surface area contributed by atoms with E-state index in [1.165, 1.54) is 18.2 Å². The molecule has 2 aromatic carbocycles. The Hall–Kier alpha value is -2.34. The van der Waals surface area contributed by atoms with Gasteiger partial charge in [-0.05, 0) is 24.1 Å². The van der Waals surface area contributed by atoms with Crippen molar-refractivity contribution < 1.29 is 18.0 Å². The van der Waals surface area contributed by atoms with Crippen LogP contribution in [0, 0.1) is 0 Å². The van der Waals surface area contributed by atoms with Gasteiger partial charge < -0.3 is 5.73 Å². The first-order chi connectivity index (χ1) is 10.8. The van der Waals surface area contributed by atoms with E-state index in [-0.39, 0.29) is 5.56 Å². The molecule has 0 radical (unpaired) electrons. The van der Waals surface area contributed by atoms with Gasteiger partial charge in [-0.3, -0.25) is 10.1 Å². The Bertz CT molecular complexity index is 671. The Labute approximate surface area is 132 Å². The van der Waals surface area contributed by atoms with Crippen molar-refractivity contribution in [2.24, 2.45) is 5.73 Å². The third kappa shape index (κ3) is 4.10. The van der Waals surface area contributed by atoms with Gasteiger partial charge in [-0.2, -0.15) is 13.2 Å². The molecule has 0 heterocycles. The summed E-state index contributed by atoms with van der Waals surface area (Å²) in [4.78, 5) is 11.7. The Balaban J connectivity index is 2.31. The van der Waals surface area contributed by atoms with Crippen LogP contribution in [0.15, 0.2) is 54.6 Å². The van der Waals surface area contributed by atoms with Crippen molar-refractivity contribution in [1.82, 2.24) is 5.32 Å². The van der Waals surface area contributed by atoms with Crippen LogP contribution in [0.2, 0.25) is 0 Å². The normalized spacial score (nSPS) is 14.3. The molecule has 0 fully saturated rings. The number of carbonyl (C=O) groups excluding carboxylic acids is 1. The molecule has 0 aliphatic carbocycles. The average Bonchev–Trinajstić information content (AvgIpc) is 2.52. The molecule has 6 heteroatoms. The van der Waals surface area contributed by atoms with E-state index in [0.717, 1.165) is 6.07 Å². The summed E-state index contributed by atoms with van der Waals surface area (Å²) in [6, 6.07) is 12.4. The zero-order chi connectivity index (χ0) is 17.0. The number of hydrogen-bond donors (Lipinski definition) is 2. The number of nitrogens with two attached hydrogens (primary N) is 1. The summed E-state index contributed by atoms with van der Waals surface area (Å²) in [7, 11) is 0. The Morgan fingerprint density at radius 3 is 2.17 bits per heavy atom. The van der Waals surface area contributed by atoms with Crippen molar-refractivity contribution in [2.45, 2.75) is 25.2 Å². The summed E-state index contributed by atoms with van der Waals surface area (Å²) < 4.78 is 39.3. The van der Waals surface area contributed by atoms with Crippen molar-refractivity contribution >= 4 is 5.91 Å². The summed E-state index contributed by atoms with van der Waals surface area (Å²) in [5, 5.41) is 2.89. The maximum absolute atomic E-state index is 13.1. The van der Waals surface area contributed by atoms with Gasteiger partial charge >= 0.3 is 6.18 Å². The number of alkyl halides is 3. The first-order valence-corrected chi connectivity index (χ1v) is 7.07. The lowest BCUT2D eigenvalue weighted by Gasteiger charge is -2.24. The number of rotatable bonds is 5. The van der Waals surface area contributed by atoms with Crippen molar-refractivity contribution in [3.8, 4) is 0 Å². The standard InChI is InChI=1S/C17H17F3N2O/c1-11(13-9-5-6-10-14(13)17(18,19)20)22-15(16(21)23)12-7-3-2-4-8-12/h2-11,15,22H,1H3,(H2,21,23)/t11-,15-/m0/s1. The minimum Gasteiger partial charge on any atom is -0.368 e. The van der Waals surface area contributed by atoms with E-state index in [1.54, 1.807) is 37.3 Å². The molecule has 0 saturated heterocycles. The largest absolute Gasteiger partial charge is 0.416 e. The van der Waals surface area contributed by atoms with Crippen LogP contribution in [0.1, 0.15) is 35.7 Å². The highest BCUT2D eigenvalue weighted by molar-refractivity contribution is 5.81. The summed E-state index contributed by atoms with van der Waals surface area (Å²) in [5.41, 5.74) is 5.35. The van der Waals surface area contributed by atoms with Gasteiger partial charge in [-0.15, -0.1) is 0 Å². The highest BCUT2D eigenvalue weighted by atomic mass is 19.4. The van der Waals surface area contributed by atoms with E-state index >= 15 is 0 Å². The summed E-state index contributed by atoms with van der Waals surface area (Å²) in [5.74, 6) is -0.646. The van der Waals surface area contributed by atoms with Gasteiger partial charge in [0, 0.05) is 6.04 Å². The van der Waals surface area contributed by atoms with E-state index < -0.39 is 29.7 Å². The number of amides is 1. The SMILES string of the molecule is C[C@H](N[C@H](C(N)=O)c1ccccc1)c1ccccc1C(F)(F)F. The van der Waals surface area contributed by atoms with E-state index in [0.29, 0.717) is 5.56 Å². The molecular formula is C17H17F3N2O. The number of nitrogens with one attached hydrogen (secondary N) is 1. The quantitative estimate of drug-likeness (QED) is 0.884. The van der Waals surface area contributed by atoms with E-state index in [2.05, 4.69) is 5.32 Å². The lowest BCUT2D eigenvalue weighted by Crippen LogP contribution is -2.35. The summed E-state index contributed by atoms with van der Waals surface area (Å²) in [6.07, 6.45) is -4.46. The third-order valence-corrected chi connectivity index (χ3v) is 3.57. The predicted octanol–water partition coefficient (Wildman–Crippen LogP) is 3.58. The molecule has 3 N–H and O–H groups in total. The maximum atomic E-state index is 13.1. The molecular weight excluding hydrogens is 305 g/mol. The molecule has 0 spiro atoms. The zero-order valence-corrected chi connectivity index (χ0v) is 12.5. The molecule has 122 valence electrons. The summed E-state index contributed by atoms with van der Waals surface area (Å²) >= 11 is 0. The number of hydrogen-bond acceptors (Lipinski definition) is 2. The van der Waals surface area contributed by atoms with E-state index in [1.807, 2.05) is 0 Å². The molecule has 2 atom stereocenters. The molecule has 2 aromatic rings. The maximum Gasteiger partial charge on any atom is 0.416 e. The molecule has 23 heavy (non-hydrogen) atoms. The van der Waals surface area contributed by atoms with E-state index in [9.17, 15) is 18.0 Å². The minimum absolute atomic E-state index is 0.0715. The van der Waals surface area contributed by atoms with Crippen LogP contribution < -0.4 is 11.1 Å². The predicted molar refractivity (Wildman–Crippen MR) is 81.4 cm³/mol. The third-order valence-electron chi connectivity index (χ3n) is 3.57. The van der Waals surface area contributed by atoms with Crippen molar-refractivity contribution in [1.29, 1.82) is 0 Å². The van der Waals surface area contributed by atoms with Crippen LogP contribution in [-0.2, 0) is 11.0 Å². The molecule has 0 bridgehead atoms. The van der Waals surface area contributed by atoms with Crippen molar-refractivity contribution in [2.75, 3.05) is 0 Å². The van der Waals surface area contributed by atoms with Crippen LogP contribution in [-0.4, -0.2) is 5.91 Å². The number of carbonyl (C=O) groups is 1. The number of halogens is 3. The smallest absolute Gasteiger partial charge is 0.368 e. The Kier molecular flexibility index (Phi) is 5.05. The fraction of sp³-hybridized carbons (Fsp3) is 0.235. The van der Waals surface area contributed by atoms with Gasteiger partial charge in [0.2, 0.25) is 5.91 Å². The van der Waals surface area contributed by atoms with Gasteiger partial charge in [-0.25, -0.2) is 0 Å². The van der Waals surface area contributed by atoms with Gasteiger partial charge in [0.15, 0.2) is 0 Å². The van der Waals surface area contributed by atoms with Crippen LogP contribution in [0.3, 0.4) is 0 Å². The second kappa shape index (κ2) is 6.83. The van der Waals surface area contributed by atoms with Crippen LogP contribution in [0.4, 0.5) is 13.2 Å². The van der Waals surface area contributed by atoms with Crippen LogP contribution >= 0.6 is 0 Å². The summed E-state index contributed by atoms with van der Waals surface area (Å²) in [6.45, 7) is 1.57. The fourth-order valence-corrected chi connectivity index (χ4v) is 2.46. The monoisotopic (exact) mass is 322 g/mol. The highest BCUT2D eigenvalue weighted by Crippen LogP contribution is 2.35. The van der Waals surface area contributed by atoms with Gasteiger partial charge in [0.1, 0.15) is 6.04 Å². The number of primary amides is 1. The number of benzene rings is 2. The highest BCUT2D eigenvalue weighted by Gasteiger charge is 2.34. The second-order valence-corrected chi connectivity index (χ2v) is 5.22. The Morgan fingerprint density at radius 2 is 1.61 bits per heavy atom.